The van der Waals surface area contributed by atoms with Crippen LogP contribution in [0.1, 0.15) is 33.6 Å². The van der Waals surface area contributed by atoms with Crippen molar-refractivity contribution in [3.8, 4) is 0 Å². The van der Waals surface area contributed by atoms with Gasteiger partial charge in [-0.3, -0.25) is 6.29 Å². The fourth-order valence-electron chi connectivity index (χ4n) is 1.03. The van der Waals surface area contributed by atoms with E-state index in [9.17, 15) is 4.79 Å². The fraction of sp³-hybridized carbons (Fsp3) is 0.875. The first-order valence-corrected chi connectivity index (χ1v) is 3.51. The van der Waals surface area contributed by atoms with E-state index in [0.29, 0.717) is 18.3 Å². The molecular weight excluding hydrogens is 201 g/mol. The molecule has 1 atom stereocenters. The van der Waals surface area contributed by atoms with Crippen LogP contribution in [0.3, 0.4) is 0 Å². The SMILES string of the molecule is CC(C)CC(C)C[C-]=O.[Y]. The number of carbonyl (C=O) groups excluding carboxylic acids is 1. The van der Waals surface area contributed by atoms with Crippen LogP contribution in [0.15, 0.2) is 0 Å². The third-order valence-corrected chi connectivity index (χ3v) is 1.31. The molecular formula is C8H15OY-. The molecule has 0 rings (SSSR count). The second kappa shape index (κ2) is 7.88. The number of hydrogen-bond acceptors (Lipinski definition) is 1. The van der Waals surface area contributed by atoms with Gasteiger partial charge < -0.3 is 4.79 Å². The van der Waals surface area contributed by atoms with Crippen LogP contribution in [-0.2, 0) is 37.5 Å². The van der Waals surface area contributed by atoms with Crippen molar-refractivity contribution in [3.63, 3.8) is 0 Å². The Morgan fingerprint density at radius 1 is 1.30 bits per heavy atom. The average molecular weight is 216 g/mol. The van der Waals surface area contributed by atoms with E-state index in [-0.39, 0.29) is 32.7 Å². The summed E-state index contributed by atoms with van der Waals surface area (Å²) >= 11 is 0. The minimum absolute atomic E-state index is 0. The molecule has 0 bridgehead atoms. The van der Waals surface area contributed by atoms with Crippen LogP contribution < -0.4 is 0 Å². The van der Waals surface area contributed by atoms with E-state index < -0.39 is 0 Å². The van der Waals surface area contributed by atoms with Crippen LogP contribution in [0, 0.1) is 11.8 Å². The third-order valence-electron chi connectivity index (χ3n) is 1.31. The molecule has 0 amide bonds. The van der Waals surface area contributed by atoms with Gasteiger partial charge in [-0.15, -0.1) is 6.42 Å². The molecule has 0 aliphatic heterocycles. The Labute approximate surface area is 88.8 Å². The molecule has 0 spiro atoms. The smallest absolute Gasteiger partial charge is 0 e. The van der Waals surface area contributed by atoms with Gasteiger partial charge in [0.15, 0.2) is 0 Å². The first kappa shape index (κ1) is 13.4. The maximum Gasteiger partial charge on any atom is 0 e. The molecule has 0 aliphatic carbocycles. The molecule has 2 heteroatoms. The van der Waals surface area contributed by atoms with Gasteiger partial charge in [-0.05, 0) is 5.92 Å². The van der Waals surface area contributed by atoms with Crippen molar-refractivity contribution < 1.29 is 37.5 Å². The van der Waals surface area contributed by atoms with E-state index in [1.807, 2.05) is 6.29 Å². The topological polar surface area (TPSA) is 17.1 Å². The van der Waals surface area contributed by atoms with Crippen molar-refractivity contribution in [2.24, 2.45) is 11.8 Å². The minimum atomic E-state index is 0. The molecule has 1 unspecified atom stereocenters. The number of hydrogen-bond donors (Lipinski definition) is 0. The first-order valence-electron chi connectivity index (χ1n) is 3.51. The standard InChI is InChI=1S/C8H15O.Y/c1-7(2)6-8(3)4-5-9;/h7-8H,4,6H2,1-3H3;/q-1;. The monoisotopic (exact) mass is 216 g/mol. The summed E-state index contributed by atoms with van der Waals surface area (Å²) in [6.45, 7) is 6.42. The largest absolute Gasteiger partial charge is 0.542 e. The third kappa shape index (κ3) is 8.77. The Bertz CT molecular complexity index is 81.3. The van der Waals surface area contributed by atoms with Crippen molar-refractivity contribution in [1.82, 2.24) is 0 Å². The summed E-state index contributed by atoms with van der Waals surface area (Å²) in [4.78, 5) is 9.87. The molecule has 0 aliphatic rings. The van der Waals surface area contributed by atoms with Crippen molar-refractivity contribution >= 4 is 6.29 Å². The molecule has 0 N–H and O–H groups in total. The van der Waals surface area contributed by atoms with E-state index in [1.165, 1.54) is 0 Å². The van der Waals surface area contributed by atoms with Crippen molar-refractivity contribution in [2.75, 3.05) is 0 Å². The zero-order valence-corrected chi connectivity index (χ0v) is 9.89. The van der Waals surface area contributed by atoms with Gasteiger partial charge in [0.05, 0.1) is 0 Å². The van der Waals surface area contributed by atoms with Crippen LogP contribution in [0.25, 0.3) is 0 Å². The Balaban J connectivity index is 0. The van der Waals surface area contributed by atoms with Gasteiger partial charge in [0.25, 0.3) is 0 Å². The summed E-state index contributed by atoms with van der Waals surface area (Å²) < 4.78 is 0. The molecule has 0 aromatic rings. The predicted molar refractivity (Wildman–Crippen MR) is 38.9 cm³/mol. The van der Waals surface area contributed by atoms with Crippen molar-refractivity contribution in [3.05, 3.63) is 0 Å². The minimum Gasteiger partial charge on any atom is -0.542 e. The van der Waals surface area contributed by atoms with Gasteiger partial charge in [0.2, 0.25) is 0 Å². The summed E-state index contributed by atoms with van der Waals surface area (Å²) in [6.07, 6.45) is 3.65. The van der Waals surface area contributed by atoms with Crippen molar-refractivity contribution in [1.29, 1.82) is 0 Å². The van der Waals surface area contributed by atoms with Gasteiger partial charge in [0, 0.05) is 32.7 Å². The molecule has 0 aromatic heterocycles. The first-order chi connectivity index (χ1) is 4.16. The van der Waals surface area contributed by atoms with Crippen LogP contribution in [-0.4, -0.2) is 6.29 Å². The Kier molecular flexibility index (Phi) is 10.5. The average Bonchev–Trinajstić information content (AvgIpc) is 1.63. The van der Waals surface area contributed by atoms with Crippen LogP contribution in [0.5, 0.6) is 0 Å². The van der Waals surface area contributed by atoms with Crippen LogP contribution >= 0.6 is 0 Å². The van der Waals surface area contributed by atoms with Crippen molar-refractivity contribution in [2.45, 2.75) is 33.6 Å². The molecule has 0 saturated carbocycles. The van der Waals surface area contributed by atoms with Crippen LogP contribution in [0.2, 0.25) is 0 Å². The summed E-state index contributed by atoms with van der Waals surface area (Å²) in [7, 11) is 0. The maximum atomic E-state index is 9.87. The normalized spacial score (nSPS) is 12.4. The van der Waals surface area contributed by atoms with E-state index in [0.717, 1.165) is 6.42 Å². The second-order valence-electron chi connectivity index (χ2n) is 3.08. The molecule has 1 nitrogen and oxygen atoms in total. The van der Waals surface area contributed by atoms with Gasteiger partial charge in [-0.2, -0.15) is 0 Å². The molecule has 0 heterocycles. The van der Waals surface area contributed by atoms with Gasteiger partial charge in [-0.25, -0.2) is 0 Å². The Morgan fingerprint density at radius 3 is 2.10 bits per heavy atom. The van der Waals surface area contributed by atoms with Crippen LogP contribution in [0.4, 0.5) is 0 Å². The van der Waals surface area contributed by atoms with E-state index in [1.54, 1.807) is 0 Å². The van der Waals surface area contributed by atoms with E-state index >= 15 is 0 Å². The quantitative estimate of drug-likeness (QED) is 0.658. The zero-order valence-electron chi connectivity index (χ0n) is 7.05. The molecule has 1 radical (unpaired) electrons. The summed E-state index contributed by atoms with van der Waals surface area (Å²) in [5, 5.41) is 0. The number of rotatable bonds is 4. The molecule has 10 heavy (non-hydrogen) atoms. The van der Waals surface area contributed by atoms with E-state index in [4.69, 9.17) is 0 Å². The maximum absolute atomic E-state index is 9.87. The molecule has 57 valence electrons. The molecule has 0 saturated heterocycles. The Hall–Kier alpha value is 0.774. The van der Waals surface area contributed by atoms with Gasteiger partial charge >= 0.3 is 0 Å². The summed E-state index contributed by atoms with van der Waals surface area (Å²) in [5.74, 6) is 1.22. The Morgan fingerprint density at radius 2 is 1.80 bits per heavy atom. The van der Waals surface area contributed by atoms with Gasteiger partial charge in [-0.1, -0.05) is 33.1 Å². The van der Waals surface area contributed by atoms with Gasteiger partial charge in [0.1, 0.15) is 0 Å². The molecule has 0 aromatic carbocycles. The predicted octanol–water partition coefficient (Wildman–Crippen LogP) is 2.17. The molecule has 0 fully saturated rings. The second-order valence-corrected chi connectivity index (χ2v) is 3.08. The summed E-state index contributed by atoms with van der Waals surface area (Å²) in [6, 6.07) is 0. The zero-order chi connectivity index (χ0) is 7.28. The summed E-state index contributed by atoms with van der Waals surface area (Å²) in [5.41, 5.74) is 0. The van der Waals surface area contributed by atoms with E-state index in [2.05, 4.69) is 20.8 Å². The fourth-order valence-corrected chi connectivity index (χ4v) is 1.03.